The lowest BCUT2D eigenvalue weighted by Gasteiger charge is -2.31. The maximum absolute atomic E-state index is 14.2. The predicted octanol–water partition coefficient (Wildman–Crippen LogP) is 9.23. The van der Waals surface area contributed by atoms with Crippen LogP contribution in [-0.4, -0.2) is 4.57 Å². The van der Waals surface area contributed by atoms with Gasteiger partial charge in [-0.3, -0.25) is 9.36 Å². The molecule has 0 amide bonds. The average Bonchev–Trinajstić information content (AvgIpc) is 3.37. The molecule has 1 aromatic heterocycles. The summed E-state index contributed by atoms with van der Waals surface area (Å²) in [7, 11) is 0. The number of aryl methyl sites for hydroxylation is 1. The van der Waals surface area contributed by atoms with Gasteiger partial charge < -0.3 is 4.74 Å². The fraction of sp³-hybridized carbons (Fsp3) is 0.105. The molecule has 8 heteroatoms. The summed E-state index contributed by atoms with van der Waals surface area (Å²) >= 11 is 15.6. The monoisotopic (exact) mass is 766 g/mol. The molecule has 2 heterocycles. The Balaban J connectivity index is 1.20. The second-order valence-electron chi connectivity index (χ2n) is 11.4. The van der Waals surface area contributed by atoms with Crippen molar-refractivity contribution in [3.63, 3.8) is 0 Å². The van der Waals surface area contributed by atoms with Gasteiger partial charge in [-0.1, -0.05) is 108 Å². The Kier molecular flexibility index (Phi) is 7.81. The van der Waals surface area contributed by atoms with Crippen molar-refractivity contribution in [2.75, 3.05) is 0 Å². The summed E-state index contributed by atoms with van der Waals surface area (Å²) in [4.78, 5) is 20.0. The van der Waals surface area contributed by atoms with Gasteiger partial charge in [0.25, 0.3) is 5.56 Å². The average molecular weight is 769 g/mol. The number of ether oxygens (including phenoxy) is 1. The van der Waals surface area contributed by atoms with Crippen molar-refractivity contribution in [1.29, 1.82) is 0 Å². The first kappa shape index (κ1) is 29.6. The minimum atomic E-state index is -0.321. The molecule has 0 spiro atoms. The van der Waals surface area contributed by atoms with Crippen LogP contribution < -0.4 is 19.6 Å². The summed E-state index contributed by atoms with van der Waals surface area (Å²) < 4.78 is 10.3. The molecular formula is C38H25Br2ClN2O2S. The first-order valence-electron chi connectivity index (χ1n) is 14.9. The molecule has 1 aliphatic carbocycles. The second kappa shape index (κ2) is 12.1. The van der Waals surface area contributed by atoms with E-state index < -0.39 is 0 Å². The largest absolute Gasteiger partial charge is 0.487 e. The smallest absolute Gasteiger partial charge is 0.271 e. The predicted molar refractivity (Wildman–Crippen MR) is 194 cm³/mol. The maximum atomic E-state index is 14.2. The van der Waals surface area contributed by atoms with Crippen LogP contribution in [0.1, 0.15) is 40.3 Å². The van der Waals surface area contributed by atoms with Crippen molar-refractivity contribution in [3.05, 3.63) is 170 Å². The summed E-state index contributed by atoms with van der Waals surface area (Å²) in [5.74, 6) is 0.705. The molecule has 46 heavy (non-hydrogen) atoms. The van der Waals surface area contributed by atoms with E-state index in [1.807, 2.05) is 59.2 Å². The molecule has 226 valence electrons. The number of nitrogens with zero attached hydrogens (tertiary/aromatic N) is 2. The second-order valence-corrected chi connectivity index (χ2v) is 14.5. The number of fused-ring (bicyclic) bond motifs is 4. The normalized spacial score (nSPS) is 15.7. The fourth-order valence-electron chi connectivity index (χ4n) is 6.52. The van der Waals surface area contributed by atoms with Crippen molar-refractivity contribution in [2.24, 2.45) is 4.99 Å². The summed E-state index contributed by atoms with van der Waals surface area (Å²) in [6.07, 6.45) is 3.64. The van der Waals surface area contributed by atoms with Crippen LogP contribution in [0.4, 0.5) is 0 Å². The van der Waals surface area contributed by atoms with Crippen LogP contribution >= 0.6 is 54.8 Å². The van der Waals surface area contributed by atoms with Crippen molar-refractivity contribution < 1.29 is 4.74 Å². The van der Waals surface area contributed by atoms with Crippen LogP contribution in [0.25, 0.3) is 22.5 Å². The molecule has 0 saturated carbocycles. The Hall–Kier alpha value is -3.75. The van der Waals surface area contributed by atoms with E-state index >= 15 is 0 Å². The quantitative estimate of drug-likeness (QED) is 0.176. The highest BCUT2D eigenvalue weighted by molar-refractivity contribution is 9.11. The molecule has 6 aromatic rings. The molecule has 2 aliphatic rings. The zero-order valence-electron chi connectivity index (χ0n) is 24.3. The Bertz CT molecular complexity index is 2380. The maximum Gasteiger partial charge on any atom is 0.271 e. The number of benzene rings is 5. The van der Waals surface area contributed by atoms with E-state index in [1.54, 1.807) is 0 Å². The first-order chi connectivity index (χ1) is 22.5. The standard InChI is InChI=1S/C38H25Br2ClN2O2S/c39-30-18-22(19-31(40)36(30)45-21-25-11-7-10-23-8-1-3-12-26(23)25)20-33-37(44)43-35(28-14-5-6-15-32(28)41)29-17-16-24-9-2-4-13-27(24)34(29)42-38(43)46-33/h1-15,18-20,35H,16-17,21H2/b33-20+. The van der Waals surface area contributed by atoms with Crippen molar-refractivity contribution in [1.82, 2.24) is 4.57 Å². The molecule has 4 nitrogen and oxygen atoms in total. The van der Waals surface area contributed by atoms with E-state index in [1.165, 1.54) is 27.7 Å². The molecular weight excluding hydrogens is 744 g/mol. The molecule has 0 N–H and O–H groups in total. The summed E-state index contributed by atoms with van der Waals surface area (Å²) in [6, 6.07) is 34.4. The summed E-state index contributed by atoms with van der Waals surface area (Å²) in [6.45, 7) is 0.423. The van der Waals surface area contributed by atoms with E-state index in [4.69, 9.17) is 21.3 Å². The minimum absolute atomic E-state index is 0.0809. The lowest BCUT2D eigenvalue weighted by Crippen LogP contribution is -2.38. The number of halogens is 3. The topological polar surface area (TPSA) is 43.6 Å². The molecule has 1 aliphatic heterocycles. The minimum Gasteiger partial charge on any atom is -0.487 e. The Morgan fingerprint density at radius 3 is 2.50 bits per heavy atom. The van der Waals surface area contributed by atoms with Crippen LogP contribution in [0.5, 0.6) is 5.75 Å². The number of hydrogen-bond acceptors (Lipinski definition) is 4. The van der Waals surface area contributed by atoms with Gasteiger partial charge in [0.15, 0.2) is 4.80 Å². The van der Waals surface area contributed by atoms with E-state index in [-0.39, 0.29) is 11.6 Å². The van der Waals surface area contributed by atoms with Crippen LogP contribution in [-0.2, 0) is 13.0 Å². The van der Waals surface area contributed by atoms with Crippen LogP contribution in [0.2, 0.25) is 5.02 Å². The summed E-state index contributed by atoms with van der Waals surface area (Å²) in [5, 5.41) is 2.99. The van der Waals surface area contributed by atoms with E-state index in [9.17, 15) is 4.79 Å². The number of rotatable bonds is 5. The van der Waals surface area contributed by atoms with Gasteiger partial charge in [-0.25, -0.2) is 4.99 Å². The fourth-order valence-corrected chi connectivity index (χ4v) is 9.21. The van der Waals surface area contributed by atoms with Crippen molar-refractivity contribution >= 4 is 77.3 Å². The number of allylic oxidation sites excluding steroid dienone is 1. The third-order valence-electron chi connectivity index (χ3n) is 8.64. The third-order valence-corrected chi connectivity index (χ3v) is 11.1. The lowest BCUT2D eigenvalue weighted by molar-refractivity contribution is 0.303. The van der Waals surface area contributed by atoms with Crippen LogP contribution in [0.15, 0.2) is 127 Å². The highest BCUT2D eigenvalue weighted by Crippen LogP contribution is 2.43. The van der Waals surface area contributed by atoms with Gasteiger partial charge in [0.2, 0.25) is 0 Å². The van der Waals surface area contributed by atoms with E-state index in [2.05, 4.69) is 86.5 Å². The van der Waals surface area contributed by atoms with Crippen LogP contribution in [0, 0.1) is 0 Å². The highest BCUT2D eigenvalue weighted by atomic mass is 79.9. The molecule has 8 rings (SSSR count). The molecule has 5 aromatic carbocycles. The van der Waals surface area contributed by atoms with E-state index in [0.717, 1.165) is 55.3 Å². The number of hydrogen-bond donors (Lipinski definition) is 0. The molecule has 1 atom stereocenters. The van der Waals surface area contributed by atoms with Gasteiger partial charge in [-0.05, 0) is 108 Å². The zero-order valence-corrected chi connectivity index (χ0v) is 29.1. The highest BCUT2D eigenvalue weighted by Gasteiger charge is 2.33. The molecule has 0 bridgehead atoms. The van der Waals surface area contributed by atoms with Gasteiger partial charge >= 0.3 is 0 Å². The van der Waals surface area contributed by atoms with Gasteiger partial charge in [0.05, 0.1) is 25.2 Å². The molecule has 0 saturated heterocycles. The zero-order chi connectivity index (χ0) is 31.4. The Morgan fingerprint density at radius 2 is 1.65 bits per heavy atom. The lowest BCUT2D eigenvalue weighted by atomic mass is 9.83. The molecule has 0 fully saturated rings. The SMILES string of the molecule is O=c1/c(=C\c2cc(Br)c(OCc3cccc4ccccc34)c(Br)c2)sc2n1C(c1ccccc1Cl)C1=C(N=2)c2ccccc2CC1. The first-order valence-corrected chi connectivity index (χ1v) is 17.7. The molecule has 1 unspecified atom stereocenters. The van der Waals surface area contributed by atoms with Gasteiger partial charge in [0.1, 0.15) is 12.4 Å². The Labute approximate surface area is 291 Å². The van der Waals surface area contributed by atoms with E-state index in [0.29, 0.717) is 26.7 Å². The van der Waals surface area contributed by atoms with Gasteiger partial charge in [-0.2, -0.15) is 0 Å². The van der Waals surface area contributed by atoms with Gasteiger partial charge in [-0.15, -0.1) is 0 Å². The molecule has 0 radical (unpaired) electrons. The van der Waals surface area contributed by atoms with Crippen molar-refractivity contribution in [3.8, 4) is 5.75 Å². The van der Waals surface area contributed by atoms with Crippen LogP contribution in [0.3, 0.4) is 0 Å². The third kappa shape index (κ3) is 5.20. The number of aromatic nitrogens is 1. The van der Waals surface area contributed by atoms with Crippen molar-refractivity contribution in [2.45, 2.75) is 25.5 Å². The number of thiazole rings is 1. The van der Waals surface area contributed by atoms with Gasteiger partial charge in [0, 0.05) is 10.6 Å². The Morgan fingerprint density at radius 1 is 0.913 bits per heavy atom. The summed E-state index contributed by atoms with van der Waals surface area (Å²) in [5.41, 5.74) is 7.30.